The van der Waals surface area contributed by atoms with Crippen LogP contribution < -0.4 is 11.3 Å². The van der Waals surface area contributed by atoms with E-state index in [1.807, 2.05) is 18.2 Å². The van der Waals surface area contributed by atoms with Crippen molar-refractivity contribution in [3.05, 3.63) is 48.0 Å². The summed E-state index contributed by atoms with van der Waals surface area (Å²) in [5.41, 5.74) is 4.84. The summed E-state index contributed by atoms with van der Waals surface area (Å²) in [5, 5.41) is 4.70. The number of nitrogens with two attached hydrogens (primary N) is 1. The second-order valence-corrected chi connectivity index (χ2v) is 5.40. The largest absolute Gasteiger partial charge is 0.271 e. The van der Waals surface area contributed by atoms with Crippen molar-refractivity contribution in [3.63, 3.8) is 0 Å². The fraction of sp³-hybridized carbons (Fsp3) is 0.467. The molecule has 0 aliphatic heterocycles. The lowest BCUT2D eigenvalue weighted by atomic mass is 10.1. The summed E-state index contributed by atoms with van der Waals surface area (Å²) in [7, 11) is 0. The number of hydrogen-bond donors (Lipinski definition) is 2. The van der Waals surface area contributed by atoms with Gasteiger partial charge < -0.3 is 0 Å². The van der Waals surface area contributed by atoms with Crippen LogP contribution in [-0.4, -0.2) is 14.8 Å². The van der Waals surface area contributed by atoms with Gasteiger partial charge >= 0.3 is 0 Å². The van der Waals surface area contributed by atoms with Crippen molar-refractivity contribution in [2.24, 2.45) is 5.84 Å². The number of rotatable bonds is 5. The van der Waals surface area contributed by atoms with Crippen LogP contribution >= 0.6 is 0 Å². The number of nitrogens with zero attached hydrogens (tertiary/aromatic N) is 3. The maximum atomic E-state index is 5.66. The van der Waals surface area contributed by atoms with Crippen LogP contribution in [0.2, 0.25) is 0 Å². The Balaban J connectivity index is 1.70. The monoisotopic (exact) mass is 271 g/mol. The summed E-state index contributed by atoms with van der Waals surface area (Å²) in [4.78, 5) is 4.35. The molecular weight excluding hydrogens is 250 g/mol. The Morgan fingerprint density at radius 2 is 2.15 bits per heavy atom. The molecule has 0 saturated heterocycles. The summed E-state index contributed by atoms with van der Waals surface area (Å²) in [6.45, 7) is 0. The summed E-state index contributed by atoms with van der Waals surface area (Å²) in [5.74, 6) is 5.66. The van der Waals surface area contributed by atoms with E-state index in [1.54, 1.807) is 6.20 Å². The van der Waals surface area contributed by atoms with Gasteiger partial charge in [-0.1, -0.05) is 18.9 Å². The van der Waals surface area contributed by atoms with Crippen molar-refractivity contribution in [2.75, 3.05) is 0 Å². The summed E-state index contributed by atoms with van der Waals surface area (Å²) >= 11 is 0. The summed E-state index contributed by atoms with van der Waals surface area (Å²) in [6.07, 6.45) is 9.78. The molecule has 106 valence electrons. The fourth-order valence-electron chi connectivity index (χ4n) is 2.90. The molecule has 3 N–H and O–H groups in total. The number of nitrogens with one attached hydrogen (secondary N) is 1. The van der Waals surface area contributed by atoms with Gasteiger partial charge in [-0.25, -0.2) is 0 Å². The molecule has 1 aliphatic rings. The lowest BCUT2D eigenvalue weighted by molar-refractivity contribution is 0.456. The molecule has 5 nitrogen and oxygen atoms in total. The first-order valence-electron chi connectivity index (χ1n) is 7.28. The van der Waals surface area contributed by atoms with Crippen LogP contribution in [0.15, 0.2) is 36.7 Å². The van der Waals surface area contributed by atoms with Crippen molar-refractivity contribution in [1.82, 2.24) is 20.2 Å². The van der Waals surface area contributed by atoms with Crippen molar-refractivity contribution in [1.29, 1.82) is 0 Å². The van der Waals surface area contributed by atoms with Crippen LogP contribution in [0.5, 0.6) is 0 Å². The Labute approximate surface area is 119 Å². The molecule has 1 atom stereocenters. The summed E-state index contributed by atoms with van der Waals surface area (Å²) in [6, 6.07) is 8.55. The molecule has 3 rings (SSSR count). The number of pyridine rings is 1. The second-order valence-electron chi connectivity index (χ2n) is 5.40. The minimum absolute atomic E-state index is 0.00290. The summed E-state index contributed by atoms with van der Waals surface area (Å²) < 4.78 is 2.12. The van der Waals surface area contributed by atoms with E-state index in [9.17, 15) is 0 Å². The van der Waals surface area contributed by atoms with E-state index >= 15 is 0 Å². The minimum atomic E-state index is 0.00290. The predicted molar refractivity (Wildman–Crippen MR) is 77.7 cm³/mol. The van der Waals surface area contributed by atoms with Crippen LogP contribution in [0.25, 0.3) is 0 Å². The first kappa shape index (κ1) is 13.3. The maximum absolute atomic E-state index is 5.66. The molecule has 2 aromatic heterocycles. The van der Waals surface area contributed by atoms with Gasteiger partial charge in [0.25, 0.3) is 0 Å². The lowest BCUT2D eigenvalue weighted by Gasteiger charge is -2.14. The third kappa shape index (κ3) is 2.89. The maximum Gasteiger partial charge on any atom is 0.0688 e. The van der Waals surface area contributed by atoms with E-state index in [4.69, 9.17) is 10.9 Å². The minimum Gasteiger partial charge on any atom is -0.271 e. The normalized spacial score (nSPS) is 17.4. The zero-order valence-corrected chi connectivity index (χ0v) is 11.6. The van der Waals surface area contributed by atoms with Crippen molar-refractivity contribution in [2.45, 2.75) is 44.2 Å². The highest BCUT2D eigenvalue weighted by molar-refractivity contribution is 5.12. The Hall–Kier alpha value is -1.72. The van der Waals surface area contributed by atoms with Crippen LogP contribution in [-0.2, 0) is 6.42 Å². The van der Waals surface area contributed by atoms with Gasteiger partial charge in [-0.2, -0.15) is 5.10 Å². The SMILES string of the molecule is NNC(Cc1ccn(C2CCCC2)n1)c1ccccn1. The highest BCUT2D eigenvalue weighted by Gasteiger charge is 2.19. The van der Waals surface area contributed by atoms with Gasteiger partial charge in [0.1, 0.15) is 0 Å². The Bertz CT molecular complexity index is 530. The quantitative estimate of drug-likeness (QED) is 0.646. The highest BCUT2D eigenvalue weighted by Crippen LogP contribution is 2.29. The lowest BCUT2D eigenvalue weighted by Crippen LogP contribution is -2.30. The zero-order chi connectivity index (χ0) is 13.8. The van der Waals surface area contributed by atoms with Gasteiger partial charge in [0.05, 0.1) is 23.5 Å². The Kier molecular flexibility index (Phi) is 4.08. The average molecular weight is 271 g/mol. The molecule has 5 heteroatoms. The van der Waals surface area contributed by atoms with E-state index < -0.39 is 0 Å². The Morgan fingerprint density at radius 3 is 2.85 bits per heavy atom. The molecule has 2 aromatic rings. The van der Waals surface area contributed by atoms with E-state index in [0.29, 0.717) is 6.04 Å². The van der Waals surface area contributed by atoms with Gasteiger partial charge in [-0.05, 0) is 31.0 Å². The topological polar surface area (TPSA) is 68.8 Å². The molecule has 0 spiro atoms. The van der Waals surface area contributed by atoms with Gasteiger partial charge in [-0.3, -0.25) is 20.9 Å². The molecule has 1 unspecified atom stereocenters. The molecule has 2 heterocycles. The van der Waals surface area contributed by atoms with E-state index in [0.717, 1.165) is 17.8 Å². The molecule has 20 heavy (non-hydrogen) atoms. The molecular formula is C15H21N5. The molecule has 0 bridgehead atoms. The average Bonchev–Trinajstić information content (AvgIpc) is 3.16. The first-order chi connectivity index (χ1) is 9.86. The van der Waals surface area contributed by atoms with Crippen LogP contribution in [0.3, 0.4) is 0 Å². The Morgan fingerprint density at radius 1 is 1.30 bits per heavy atom. The molecule has 1 aliphatic carbocycles. The van der Waals surface area contributed by atoms with Gasteiger partial charge in [0, 0.05) is 18.8 Å². The highest BCUT2D eigenvalue weighted by atomic mass is 15.3. The van der Waals surface area contributed by atoms with Crippen molar-refractivity contribution in [3.8, 4) is 0 Å². The molecule has 0 amide bonds. The third-order valence-corrected chi connectivity index (χ3v) is 4.02. The number of hydrazine groups is 1. The second kappa shape index (κ2) is 6.15. The molecule has 1 saturated carbocycles. The van der Waals surface area contributed by atoms with Crippen LogP contribution in [0.1, 0.15) is 49.2 Å². The third-order valence-electron chi connectivity index (χ3n) is 4.02. The van der Waals surface area contributed by atoms with E-state index in [-0.39, 0.29) is 6.04 Å². The van der Waals surface area contributed by atoms with Crippen LogP contribution in [0.4, 0.5) is 0 Å². The smallest absolute Gasteiger partial charge is 0.0688 e. The van der Waals surface area contributed by atoms with E-state index in [2.05, 4.69) is 27.4 Å². The first-order valence-corrected chi connectivity index (χ1v) is 7.28. The van der Waals surface area contributed by atoms with Crippen LogP contribution in [0, 0.1) is 0 Å². The molecule has 0 aromatic carbocycles. The molecule has 0 radical (unpaired) electrons. The predicted octanol–water partition coefficient (Wildman–Crippen LogP) is 2.14. The zero-order valence-electron chi connectivity index (χ0n) is 11.6. The molecule has 1 fully saturated rings. The van der Waals surface area contributed by atoms with Gasteiger partial charge in [-0.15, -0.1) is 0 Å². The number of aromatic nitrogens is 3. The fourth-order valence-corrected chi connectivity index (χ4v) is 2.90. The van der Waals surface area contributed by atoms with E-state index in [1.165, 1.54) is 25.7 Å². The number of hydrogen-bond acceptors (Lipinski definition) is 4. The van der Waals surface area contributed by atoms with Gasteiger partial charge in [0.15, 0.2) is 0 Å². The van der Waals surface area contributed by atoms with Gasteiger partial charge in [0.2, 0.25) is 0 Å². The van der Waals surface area contributed by atoms with Crippen molar-refractivity contribution < 1.29 is 0 Å². The standard InChI is InChI=1S/C15H21N5/c16-18-15(14-7-3-4-9-17-14)11-12-8-10-20(19-12)13-5-1-2-6-13/h3-4,7-10,13,15,18H,1-2,5-6,11,16H2. The van der Waals surface area contributed by atoms with Crippen molar-refractivity contribution >= 4 is 0 Å².